The molecule has 0 amide bonds. The first-order valence-electron chi connectivity index (χ1n) is 8.25. The third kappa shape index (κ3) is 4.08. The SMILES string of the molecule is C=CCc1cc(C(F)(F)F)cc(OCOC)c1B1OC(C)(C)C(C)(C)O1. The molecule has 0 bridgehead atoms. The molecule has 1 aromatic carbocycles. The van der Waals surface area contributed by atoms with Crippen LogP contribution in [-0.4, -0.2) is 32.2 Å². The number of methoxy groups -OCH3 is 1. The van der Waals surface area contributed by atoms with Crippen molar-refractivity contribution in [3.05, 3.63) is 35.9 Å². The molecule has 1 fully saturated rings. The molecule has 0 aromatic heterocycles. The van der Waals surface area contributed by atoms with Gasteiger partial charge in [-0.2, -0.15) is 13.2 Å². The van der Waals surface area contributed by atoms with E-state index in [9.17, 15) is 13.2 Å². The highest BCUT2D eigenvalue weighted by molar-refractivity contribution is 6.63. The minimum atomic E-state index is -4.50. The fourth-order valence-electron chi connectivity index (χ4n) is 2.64. The Morgan fingerprint density at radius 3 is 2.19 bits per heavy atom. The zero-order valence-electron chi connectivity index (χ0n) is 15.7. The summed E-state index contributed by atoms with van der Waals surface area (Å²) in [6.07, 6.45) is -2.76. The van der Waals surface area contributed by atoms with Gasteiger partial charge in [-0.15, -0.1) is 6.58 Å². The summed E-state index contributed by atoms with van der Waals surface area (Å²) in [6.45, 7) is 10.9. The third-order valence-electron chi connectivity index (χ3n) is 4.74. The van der Waals surface area contributed by atoms with E-state index in [-0.39, 0.29) is 19.0 Å². The molecular weight excluding hydrogens is 348 g/mol. The Hall–Kier alpha value is -1.51. The first-order valence-corrected chi connectivity index (χ1v) is 8.25. The van der Waals surface area contributed by atoms with Gasteiger partial charge in [0.05, 0.1) is 16.8 Å². The molecule has 26 heavy (non-hydrogen) atoms. The number of halogens is 3. The lowest BCUT2D eigenvalue weighted by atomic mass is 9.73. The molecule has 1 aliphatic rings. The molecule has 0 atom stereocenters. The summed E-state index contributed by atoms with van der Waals surface area (Å²) < 4.78 is 62.2. The van der Waals surface area contributed by atoms with Crippen LogP contribution in [0.4, 0.5) is 13.2 Å². The van der Waals surface area contributed by atoms with E-state index in [2.05, 4.69) is 6.58 Å². The highest BCUT2D eigenvalue weighted by Crippen LogP contribution is 2.39. The summed E-state index contributed by atoms with van der Waals surface area (Å²) in [5.74, 6) is 0.0250. The molecule has 2 rings (SSSR count). The van der Waals surface area contributed by atoms with Crippen molar-refractivity contribution in [1.29, 1.82) is 0 Å². The Morgan fingerprint density at radius 2 is 1.73 bits per heavy atom. The normalized spacial score (nSPS) is 18.8. The van der Waals surface area contributed by atoms with Crippen molar-refractivity contribution in [3.8, 4) is 5.75 Å². The highest BCUT2D eigenvalue weighted by atomic mass is 19.4. The first-order chi connectivity index (χ1) is 11.9. The van der Waals surface area contributed by atoms with Gasteiger partial charge in [0.25, 0.3) is 0 Å². The quantitative estimate of drug-likeness (QED) is 0.433. The maximum Gasteiger partial charge on any atom is 0.498 e. The standard InChI is InChI=1S/C18H24BF3O4/c1-7-8-12-9-13(18(20,21)22)10-14(24-11-23-6)15(12)19-25-16(2,3)17(4,5)26-19/h7,9-10H,1,8,11H2,2-6H3. The van der Waals surface area contributed by atoms with Crippen LogP contribution in [-0.2, 0) is 26.6 Å². The van der Waals surface area contributed by atoms with E-state index in [1.165, 1.54) is 13.2 Å². The van der Waals surface area contributed by atoms with Gasteiger partial charge in [-0.25, -0.2) is 0 Å². The Labute approximate surface area is 152 Å². The number of hydrogen-bond donors (Lipinski definition) is 0. The second-order valence-corrected chi connectivity index (χ2v) is 7.18. The van der Waals surface area contributed by atoms with Gasteiger partial charge in [0.2, 0.25) is 0 Å². The largest absolute Gasteiger partial charge is 0.498 e. The van der Waals surface area contributed by atoms with E-state index in [1.54, 1.807) is 0 Å². The summed E-state index contributed by atoms with van der Waals surface area (Å²) in [5.41, 5.74) is -1.26. The van der Waals surface area contributed by atoms with Crippen LogP contribution < -0.4 is 10.2 Å². The predicted molar refractivity (Wildman–Crippen MR) is 93.6 cm³/mol. The Morgan fingerprint density at radius 1 is 1.15 bits per heavy atom. The fourth-order valence-corrected chi connectivity index (χ4v) is 2.64. The maximum atomic E-state index is 13.3. The van der Waals surface area contributed by atoms with Crippen LogP contribution >= 0.6 is 0 Å². The van der Waals surface area contributed by atoms with Crippen molar-refractivity contribution in [2.75, 3.05) is 13.9 Å². The molecule has 0 spiro atoms. The lowest BCUT2D eigenvalue weighted by Gasteiger charge is -2.32. The number of ether oxygens (including phenoxy) is 2. The minimum Gasteiger partial charge on any atom is -0.468 e. The van der Waals surface area contributed by atoms with Crippen LogP contribution in [0.5, 0.6) is 5.75 Å². The van der Waals surface area contributed by atoms with E-state index >= 15 is 0 Å². The van der Waals surface area contributed by atoms with Crippen LogP contribution in [0.25, 0.3) is 0 Å². The van der Waals surface area contributed by atoms with E-state index < -0.39 is 30.1 Å². The van der Waals surface area contributed by atoms with Crippen LogP contribution in [0, 0.1) is 0 Å². The average molecular weight is 372 g/mol. The van der Waals surface area contributed by atoms with Crippen LogP contribution in [0.1, 0.15) is 38.8 Å². The van der Waals surface area contributed by atoms with E-state index in [4.69, 9.17) is 18.8 Å². The molecule has 8 heteroatoms. The van der Waals surface area contributed by atoms with Gasteiger partial charge in [0, 0.05) is 12.6 Å². The molecule has 0 N–H and O–H groups in total. The molecule has 144 valence electrons. The molecule has 0 aliphatic carbocycles. The molecule has 1 heterocycles. The monoisotopic (exact) mass is 372 g/mol. The van der Waals surface area contributed by atoms with Crippen molar-refractivity contribution in [2.45, 2.75) is 51.5 Å². The fraction of sp³-hybridized carbons (Fsp3) is 0.556. The number of allylic oxidation sites excluding steroid dienone is 1. The number of alkyl halides is 3. The van der Waals surface area contributed by atoms with Crippen molar-refractivity contribution < 1.29 is 32.0 Å². The summed E-state index contributed by atoms with van der Waals surface area (Å²) in [4.78, 5) is 0. The van der Waals surface area contributed by atoms with Crippen molar-refractivity contribution in [2.24, 2.45) is 0 Å². The maximum absolute atomic E-state index is 13.3. The Balaban J connectivity index is 2.60. The third-order valence-corrected chi connectivity index (χ3v) is 4.74. The molecule has 0 saturated carbocycles. The van der Waals surface area contributed by atoms with Crippen molar-refractivity contribution >= 4 is 12.6 Å². The molecule has 4 nitrogen and oxygen atoms in total. The second kappa shape index (κ2) is 7.25. The summed E-state index contributed by atoms with van der Waals surface area (Å²) in [6, 6.07) is 2.04. The summed E-state index contributed by atoms with van der Waals surface area (Å²) in [5, 5.41) is 0. The Kier molecular flexibility index (Phi) is 5.80. The Bertz CT molecular complexity index is 655. The van der Waals surface area contributed by atoms with Gasteiger partial charge in [-0.05, 0) is 51.8 Å². The lowest BCUT2D eigenvalue weighted by molar-refractivity contribution is -0.137. The minimum absolute atomic E-state index is 0.0250. The van der Waals surface area contributed by atoms with E-state index in [0.717, 1.165) is 12.1 Å². The van der Waals surface area contributed by atoms with Crippen LogP contribution in [0.2, 0.25) is 0 Å². The van der Waals surface area contributed by atoms with Crippen LogP contribution in [0.15, 0.2) is 24.8 Å². The van der Waals surface area contributed by atoms with Crippen LogP contribution in [0.3, 0.4) is 0 Å². The van der Waals surface area contributed by atoms with Gasteiger partial charge < -0.3 is 18.8 Å². The highest BCUT2D eigenvalue weighted by Gasteiger charge is 2.53. The average Bonchev–Trinajstić information content (AvgIpc) is 2.72. The molecule has 1 aliphatic heterocycles. The van der Waals surface area contributed by atoms with Crippen molar-refractivity contribution in [3.63, 3.8) is 0 Å². The predicted octanol–water partition coefficient (Wildman–Crippen LogP) is 3.72. The van der Waals surface area contributed by atoms with E-state index in [0.29, 0.717) is 11.0 Å². The van der Waals surface area contributed by atoms with Gasteiger partial charge >= 0.3 is 13.3 Å². The van der Waals surface area contributed by atoms with Gasteiger partial charge in [-0.3, -0.25) is 0 Å². The number of hydrogen-bond acceptors (Lipinski definition) is 4. The molecular formula is C18H24BF3O4. The van der Waals surface area contributed by atoms with Crippen molar-refractivity contribution in [1.82, 2.24) is 0 Å². The van der Waals surface area contributed by atoms with Gasteiger partial charge in [-0.1, -0.05) is 6.08 Å². The van der Waals surface area contributed by atoms with Gasteiger partial charge in [0.15, 0.2) is 6.79 Å². The summed E-state index contributed by atoms with van der Waals surface area (Å²) in [7, 11) is 0.538. The molecule has 1 saturated heterocycles. The smallest absolute Gasteiger partial charge is 0.468 e. The first kappa shape index (κ1) is 20.8. The van der Waals surface area contributed by atoms with E-state index in [1.807, 2.05) is 27.7 Å². The number of rotatable bonds is 6. The van der Waals surface area contributed by atoms with Gasteiger partial charge in [0.1, 0.15) is 5.75 Å². The zero-order valence-corrected chi connectivity index (χ0v) is 15.7. The topological polar surface area (TPSA) is 36.9 Å². The zero-order chi connectivity index (χ0) is 19.8. The lowest BCUT2D eigenvalue weighted by Crippen LogP contribution is -2.41. The number of benzene rings is 1. The molecule has 0 radical (unpaired) electrons. The summed E-state index contributed by atoms with van der Waals surface area (Å²) >= 11 is 0. The second-order valence-electron chi connectivity index (χ2n) is 7.18. The molecule has 0 unspecified atom stereocenters. The molecule has 1 aromatic rings.